The first-order valence-electron chi connectivity index (χ1n) is 8.59. The second-order valence-electron chi connectivity index (χ2n) is 5.85. The monoisotopic (exact) mass is 373 g/mol. The summed E-state index contributed by atoms with van der Waals surface area (Å²) < 4.78 is 5.11. The standard InChI is InChI=1S/C22H19N3O3/c1-28-19-11-9-18(10-12-19)24-22(27)20(14-16-6-5-13-23-15-16)25-21(26)17-7-3-2-4-8-17/h2-15H,1H3,(H,24,27)(H,25,26)/b20-14-. The zero-order valence-corrected chi connectivity index (χ0v) is 15.3. The van der Waals surface area contributed by atoms with E-state index in [4.69, 9.17) is 4.74 Å². The van der Waals surface area contributed by atoms with Gasteiger partial charge in [-0.05, 0) is 54.1 Å². The molecule has 6 heteroatoms. The molecule has 3 aromatic rings. The number of methoxy groups -OCH3 is 1. The van der Waals surface area contributed by atoms with E-state index >= 15 is 0 Å². The fourth-order valence-corrected chi connectivity index (χ4v) is 2.44. The normalized spacial score (nSPS) is 10.8. The second kappa shape index (κ2) is 9.14. The van der Waals surface area contributed by atoms with Crippen LogP contribution in [0.15, 0.2) is 84.8 Å². The number of amides is 2. The van der Waals surface area contributed by atoms with Crippen molar-refractivity contribution >= 4 is 23.6 Å². The Bertz CT molecular complexity index is 969. The highest BCUT2D eigenvalue weighted by Crippen LogP contribution is 2.16. The summed E-state index contributed by atoms with van der Waals surface area (Å²) in [5.74, 6) is -0.138. The zero-order valence-electron chi connectivity index (χ0n) is 15.3. The van der Waals surface area contributed by atoms with Crippen LogP contribution < -0.4 is 15.4 Å². The first kappa shape index (κ1) is 18.8. The molecular weight excluding hydrogens is 354 g/mol. The van der Waals surface area contributed by atoms with Crippen molar-refractivity contribution < 1.29 is 14.3 Å². The van der Waals surface area contributed by atoms with Gasteiger partial charge in [0, 0.05) is 23.6 Å². The van der Waals surface area contributed by atoms with Crippen molar-refractivity contribution in [3.63, 3.8) is 0 Å². The van der Waals surface area contributed by atoms with Crippen LogP contribution in [0.25, 0.3) is 6.08 Å². The third kappa shape index (κ3) is 5.04. The smallest absolute Gasteiger partial charge is 0.272 e. The Kier molecular flexibility index (Phi) is 6.15. The molecule has 2 aromatic carbocycles. The van der Waals surface area contributed by atoms with Crippen molar-refractivity contribution in [2.45, 2.75) is 0 Å². The summed E-state index contributed by atoms with van der Waals surface area (Å²) >= 11 is 0. The molecule has 0 unspecified atom stereocenters. The molecule has 6 nitrogen and oxygen atoms in total. The molecule has 1 aromatic heterocycles. The van der Waals surface area contributed by atoms with Crippen LogP contribution in [0.2, 0.25) is 0 Å². The number of rotatable bonds is 6. The molecule has 0 bridgehead atoms. The third-order valence-corrected chi connectivity index (χ3v) is 3.87. The second-order valence-corrected chi connectivity index (χ2v) is 5.85. The van der Waals surface area contributed by atoms with E-state index in [1.54, 1.807) is 86.2 Å². The molecule has 28 heavy (non-hydrogen) atoms. The number of carbonyl (C=O) groups excluding carboxylic acids is 2. The van der Waals surface area contributed by atoms with Gasteiger partial charge >= 0.3 is 0 Å². The maximum Gasteiger partial charge on any atom is 0.272 e. The number of carbonyl (C=O) groups is 2. The van der Waals surface area contributed by atoms with Crippen molar-refractivity contribution in [1.82, 2.24) is 10.3 Å². The number of benzene rings is 2. The number of pyridine rings is 1. The summed E-state index contributed by atoms with van der Waals surface area (Å²) in [6, 6.07) is 19.2. The maximum absolute atomic E-state index is 12.8. The van der Waals surface area contributed by atoms with Gasteiger partial charge in [0.2, 0.25) is 0 Å². The number of anilines is 1. The topological polar surface area (TPSA) is 80.3 Å². The SMILES string of the molecule is COc1ccc(NC(=O)/C(=C/c2cccnc2)NC(=O)c2ccccc2)cc1. The number of ether oxygens (including phenoxy) is 1. The van der Waals surface area contributed by atoms with E-state index in [2.05, 4.69) is 15.6 Å². The number of hydrogen-bond donors (Lipinski definition) is 2. The highest BCUT2D eigenvalue weighted by Gasteiger charge is 2.15. The first-order chi connectivity index (χ1) is 13.7. The Hall–Kier alpha value is -3.93. The summed E-state index contributed by atoms with van der Waals surface area (Å²) in [6.07, 6.45) is 4.82. The minimum Gasteiger partial charge on any atom is -0.497 e. The molecule has 0 saturated heterocycles. The average molecular weight is 373 g/mol. The van der Waals surface area contributed by atoms with Crippen LogP contribution in [0.3, 0.4) is 0 Å². The maximum atomic E-state index is 12.8. The average Bonchev–Trinajstić information content (AvgIpc) is 2.75. The molecule has 0 aliphatic carbocycles. The highest BCUT2D eigenvalue weighted by molar-refractivity contribution is 6.10. The van der Waals surface area contributed by atoms with Gasteiger partial charge in [0.1, 0.15) is 11.4 Å². The largest absolute Gasteiger partial charge is 0.497 e. The van der Waals surface area contributed by atoms with Crippen LogP contribution in [-0.2, 0) is 4.79 Å². The molecule has 0 aliphatic heterocycles. The Morgan fingerprint density at radius 3 is 2.36 bits per heavy atom. The lowest BCUT2D eigenvalue weighted by atomic mass is 10.2. The molecule has 0 spiro atoms. The minimum absolute atomic E-state index is 0.109. The quantitative estimate of drug-likeness (QED) is 0.648. The van der Waals surface area contributed by atoms with Crippen LogP contribution in [0.5, 0.6) is 5.75 Å². The van der Waals surface area contributed by atoms with E-state index in [1.807, 2.05) is 6.07 Å². The number of nitrogens with zero attached hydrogens (tertiary/aromatic N) is 1. The number of nitrogens with one attached hydrogen (secondary N) is 2. The minimum atomic E-state index is -0.446. The van der Waals surface area contributed by atoms with E-state index in [0.717, 1.165) is 0 Å². The van der Waals surface area contributed by atoms with Gasteiger partial charge in [0.25, 0.3) is 11.8 Å². The molecule has 0 atom stereocenters. The Balaban J connectivity index is 1.83. The Labute approximate surface area is 162 Å². The lowest BCUT2D eigenvalue weighted by Gasteiger charge is -2.11. The zero-order chi connectivity index (χ0) is 19.8. The summed E-state index contributed by atoms with van der Waals surface area (Å²) in [4.78, 5) is 29.3. The van der Waals surface area contributed by atoms with Crippen molar-refractivity contribution in [1.29, 1.82) is 0 Å². The molecule has 140 valence electrons. The van der Waals surface area contributed by atoms with Crippen LogP contribution in [-0.4, -0.2) is 23.9 Å². The fraction of sp³-hybridized carbons (Fsp3) is 0.0455. The highest BCUT2D eigenvalue weighted by atomic mass is 16.5. The van der Waals surface area contributed by atoms with Gasteiger partial charge in [-0.3, -0.25) is 14.6 Å². The van der Waals surface area contributed by atoms with Gasteiger partial charge in [0.05, 0.1) is 7.11 Å². The molecule has 2 N–H and O–H groups in total. The van der Waals surface area contributed by atoms with Crippen LogP contribution in [0, 0.1) is 0 Å². The van der Waals surface area contributed by atoms with Gasteiger partial charge in [-0.1, -0.05) is 24.3 Å². The molecule has 0 fully saturated rings. The summed E-state index contributed by atoms with van der Waals surface area (Å²) in [7, 11) is 1.57. The molecule has 0 saturated carbocycles. The van der Waals surface area contributed by atoms with Crippen LogP contribution in [0.1, 0.15) is 15.9 Å². The van der Waals surface area contributed by atoms with Gasteiger partial charge in [-0.15, -0.1) is 0 Å². The Morgan fingerprint density at radius 2 is 1.71 bits per heavy atom. The Morgan fingerprint density at radius 1 is 0.964 bits per heavy atom. The summed E-state index contributed by atoms with van der Waals surface area (Å²) in [6.45, 7) is 0. The number of hydrogen-bond acceptors (Lipinski definition) is 4. The predicted molar refractivity (Wildman–Crippen MR) is 108 cm³/mol. The lowest BCUT2D eigenvalue weighted by Crippen LogP contribution is -2.30. The molecule has 0 aliphatic rings. The van der Waals surface area contributed by atoms with Crippen molar-refractivity contribution in [2.75, 3.05) is 12.4 Å². The molecule has 1 heterocycles. The van der Waals surface area contributed by atoms with E-state index in [1.165, 1.54) is 0 Å². The predicted octanol–water partition coefficient (Wildman–Crippen LogP) is 3.50. The van der Waals surface area contributed by atoms with Crippen LogP contribution in [0.4, 0.5) is 5.69 Å². The molecule has 0 radical (unpaired) electrons. The van der Waals surface area contributed by atoms with E-state index in [0.29, 0.717) is 22.6 Å². The molecular formula is C22H19N3O3. The fourth-order valence-electron chi connectivity index (χ4n) is 2.44. The van der Waals surface area contributed by atoms with Gasteiger partial charge in [-0.2, -0.15) is 0 Å². The van der Waals surface area contributed by atoms with E-state index in [-0.39, 0.29) is 11.6 Å². The van der Waals surface area contributed by atoms with Crippen molar-refractivity contribution in [2.24, 2.45) is 0 Å². The van der Waals surface area contributed by atoms with E-state index < -0.39 is 5.91 Å². The number of aromatic nitrogens is 1. The van der Waals surface area contributed by atoms with Crippen molar-refractivity contribution in [3.8, 4) is 5.75 Å². The van der Waals surface area contributed by atoms with Gasteiger partial charge in [0.15, 0.2) is 0 Å². The molecule has 3 rings (SSSR count). The first-order valence-corrected chi connectivity index (χ1v) is 8.59. The lowest BCUT2D eigenvalue weighted by molar-refractivity contribution is -0.113. The van der Waals surface area contributed by atoms with Gasteiger partial charge < -0.3 is 15.4 Å². The van der Waals surface area contributed by atoms with E-state index in [9.17, 15) is 9.59 Å². The van der Waals surface area contributed by atoms with Gasteiger partial charge in [-0.25, -0.2) is 0 Å². The summed E-state index contributed by atoms with van der Waals surface area (Å²) in [5.41, 5.74) is 1.84. The van der Waals surface area contributed by atoms with Crippen LogP contribution >= 0.6 is 0 Å². The summed E-state index contributed by atoms with van der Waals surface area (Å²) in [5, 5.41) is 5.45. The van der Waals surface area contributed by atoms with Crippen molar-refractivity contribution in [3.05, 3.63) is 95.9 Å². The third-order valence-electron chi connectivity index (χ3n) is 3.87. The molecule has 2 amide bonds.